The Morgan fingerprint density at radius 3 is 2.29 bits per heavy atom. The van der Waals surface area contributed by atoms with E-state index in [2.05, 4.69) is 20.1 Å². The van der Waals surface area contributed by atoms with Gasteiger partial charge >= 0.3 is 6.18 Å². The number of rotatable bonds is 8. The molecule has 0 saturated carbocycles. The van der Waals surface area contributed by atoms with E-state index in [1.165, 1.54) is 24.1 Å². The van der Waals surface area contributed by atoms with Crippen LogP contribution in [0.3, 0.4) is 0 Å². The fraction of sp³-hybridized carbons (Fsp3) is 0.222. The highest BCUT2D eigenvalue weighted by molar-refractivity contribution is 7.99. The average molecular weight is 560 g/mol. The second-order valence-electron chi connectivity index (χ2n) is 9.44. The Morgan fingerprint density at radius 1 is 1.00 bits per heavy atom. The van der Waals surface area contributed by atoms with Crippen LogP contribution in [0.4, 0.5) is 30.5 Å². The third-order valence-electron chi connectivity index (χ3n) is 5.46. The number of benzene rings is 2. The second kappa shape index (κ2) is 11.1. The molecule has 0 spiro atoms. The van der Waals surface area contributed by atoms with Crippen molar-refractivity contribution in [3.63, 3.8) is 0 Å². The molecular weight excluding hydrogens is 535 g/mol. The summed E-state index contributed by atoms with van der Waals surface area (Å²) in [6, 6.07) is 18.6. The number of nitrogens with one attached hydrogen (secondary N) is 2. The van der Waals surface area contributed by atoms with Crippen molar-refractivity contribution in [3.05, 3.63) is 88.6 Å². The minimum Gasteiger partial charge on any atom is -0.329 e. The Labute approximate surface area is 227 Å². The fourth-order valence-electron chi connectivity index (χ4n) is 3.62. The van der Waals surface area contributed by atoms with E-state index in [-0.39, 0.29) is 17.2 Å². The number of hydrogen-bond acceptors (Lipinski definition) is 6. The number of pyridine rings is 1. The van der Waals surface area contributed by atoms with Crippen LogP contribution in [0.15, 0.2) is 66.7 Å². The summed E-state index contributed by atoms with van der Waals surface area (Å²) >= 11 is 7.45. The Bertz CT molecular complexity index is 1410. The summed E-state index contributed by atoms with van der Waals surface area (Å²) in [5, 5.41) is 8.25. The highest BCUT2D eigenvalue weighted by Crippen LogP contribution is 2.35. The van der Waals surface area contributed by atoms with Crippen LogP contribution in [0.1, 0.15) is 42.4 Å². The van der Waals surface area contributed by atoms with Crippen molar-refractivity contribution < 1.29 is 18.0 Å². The molecule has 0 saturated heterocycles. The van der Waals surface area contributed by atoms with E-state index in [0.29, 0.717) is 22.6 Å². The van der Waals surface area contributed by atoms with Gasteiger partial charge in [0.05, 0.1) is 11.1 Å². The molecule has 2 aromatic heterocycles. The average Bonchev–Trinajstić information content (AvgIpc) is 3.24. The van der Waals surface area contributed by atoms with Crippen LogP contribution in [0, 0.1) is 0 Å². The lowest BCUT2D eigenvalue weighted by molar-refractivity contribution is -0.141. The first-order valence-electron chi connectivity index (χ1n) is 11.6. The molecule has 0 bridgehead atoms. The maximum Gasteiger partial charge on any atom is 0.433 e. The molecule has 0 radical (unpaired) electrons. The molecule has 0 aliphatic carbocycles. The lowest BCUT2D eigenvalue weighted by Crippen LogP contribution is -2.25. The molecule has 0 amide bonds. The number of carbonyl (C=O) groups is 1. The minimum absolute atomic E-state index is 0.0443. The first kappa shape index (κ1) is 27.5. The summed E-state index contributed by atoms with van der Waals surface area (Å²) in [5.41, 5.74) is 1.68. The lowest BCUT2D eigenvalue weighted by atomic mass is 10.1. The number of nitrogens with zero attached hydrogens (tertiary/aromatic N) is 3. The molecule has 2 N–H and O–H groups in total. The van der Waals surface area contributed by atoms with E-state index >= 15 is 0 Å². The van der Waals surface area contributed by atoms with Crippen LogP contribution in [-0.4, -0.2) is 21.1 Å². The first-order chi connectivity index (χ1) is 18.0. The summed E-state index contributed by atoms with van der Waals surface area (Å²) < 4.78 is 44.4. The number of halogens is 4. The molecule has 0 fully saturated rings. The smallest absolute Gasteiger partial charge is 0.329 e. The zero-order valence-corrected chi connectivity index (χ0v) is 22.4. The van der Waals surface area contributed by atoms with Gasteiger partial charge in [0.1, 0.15) is 23.0 Å². The van der Waals surface area contributed by atoms with E-state index in [0.717, 1.165) is 23.1 Å². The number of carbonyl (C=O) groups excluding carboxylic acids is 1. The van der Waals surface area contributed by atoms with Crippen LogP contribution in [0.25, 0.3) is 11.3 Å². The van der Waals surface area contributed by atoms with Gasteiger partial charge in [-0.3, -0.25) is 4.79 Å². The third kappa shape index (κ3) is 6.49. The van der Waals surface area contributed by atoms with Crippen LogP contribution >= 0.6 is 23.5 Å². The Morgan fingerprint density at radius 2 is 1.68 bits per heavy atom. The minimum atomic E-state index is -4.59. The standard InChI is InChI=1S/C27H25ClF3N5OS/c1-26(2,3)36-25(33-23-6-4-5-22(32-23)27(29,30)31)21(15-37)24(34-36)18-9-13-20(14-10-18)35-38-16-17-7-11-19(28)12-8-17/h4-15,35H,16H2,1-3H3,(H,32,33). The number of aromatic nitrogens is 3. The van der Waals surface area contributed by atoms with Crippen molar-refractivity contribution in [1.82, 2.24) is 14.8 Å². The highest BCUT2D eigenvalue weighted by atomic mass is 35.5. The van der Waals surface area contributed by atoms with Crippen LogP contribution in [-0.2, 0) is 17.5 Å². The molecule has 2 aromatic carbocycles. The van der Waals surface area contributed by atoms with Crippen LogP contribution < -0.4 is 10.0 Å². The summed E-state index contributed by atoms with van der Waals surface area (Å²) in [4.78, 5) is 15.9. The Balaban J connectivity index is 1.59. The largest absolute Gasteiger partial charge is 0.433 e. The van der Waals surface area contributed by atoms with Gasteiger partial charge in [-0.05, 0) is 74.7 Å². The van der Waals surface area contributed by atoms with Gasteiger partial charge in [0, 0.05) is 22.0 Å². The SMILES string of the molecule is CC(C)(C)n1nc(-c2ccc(NSCc3ccc(Cl)cc3)cc2)c(C=O)c1Nc1cccc(C(F)(F)F)n1. The number of alkyl halides is 3. The molecule has 198 valence electrons. The maximum absolute atomic E-state index is 13.2. The number of anilines is 3. The van der Waals surface area contributed by atoms with Crippen molar-refractivity contribution in [2.75, 3.05) is 10.0 Å². The van der Waals surface area contributed by atoms with E-state index in [4.69, 9.17) is 11.6 Å². The molecule has 0 aliphatic heterocycles. The summed E-state index contributed by atoms with van der Waals surface area (Å²) in [6.45, 7) is 5.65. The zero-order valence-electron chi connectivity index (χ0n) is 20.8. The summed E-state index contributed by atoms with van der Waals surface area (Å²) in [5.74, 6) is 0.954. The molecular formula is C27H25ClF3N5OS. The molecule has 4 rings (SSSR count). The quantitative estimate of drug-likeness (QED) is 0.167. The van der Waals surface area contributed by atoms with Crippen LogP contribution in [0.5, 0.6) is 0 Å². The van der Waals surface area contributed by atoms with Gasteiger partial charge in [0.25, 0.3) is 0 Å². The van der Waals surface area contributed by atoms with Crippen LogP contribution in [0.2, 0.25) is 5.02 Å². The Hall–Kier alpha value is -3.50. The van der Waals surface area contributed by atoms with Gasteiger partial charge < -0.3 is 10.0 Å². The van der Waals surface area contributed by atoms with Crippen molar-refractivity contribution in [2.24, 2.45) is 0 Å². The fourth-order valence-corrected chi connectivity index (χ4v) is 4.48. The summed E-state index contributed by atoms with van der Waals surface area (Å²) in [7, 11) is 0. The van der Waals surface area contributed by atoms with Crippen molar-refractivity contribution in [1.29, 1.82) is 0 Å². The molecule has 38 heavy (non-hydrogen) atoms. The summed E-state index contributed by atoms with van der Waals surface area (Å²) in [6.07, 6.45) is -3.95. The molecule has 0 atom stereocenters. The predicted octanol–water partition coefficient (Wildman–Crippen LogP) is 8.19. The van der Waals surface area contributed by atoms with E-state index in [1.807, 2.05) is 69.3 Å². The van der Waals surface area contributed by atoms with Gasteiger partial charge in [-0.2, -0.15) is 18.3 Å². The molecule has 2 heterocycles. The number of hydrogen-bond donors (Lipinski definition) is 2. The first-order valence-corrected chi connectivity index (χ1v) is 12.9. The zero-order chi connectivity index (χ0) is 27.5. The lowest BCUT2D eigenvalue weighted by Gasteiger charge is -2.23. The van der Waals surface area contributed by atoms with Gasteiger partial charge in [0.15, 0.2) is 6.29 Å². The molecule has 4 aromatic rings. The topological polar surface area (TPSA) is 71.8 Å². The molecule has 0 aliphatic rings. The van der Waals surface area contributed by atoms with Gasteiger partial charge in [-0.1, -0.05) is 41.9 Å². The molecule has 0 unspecified atom stereocenters. The van der Waals surface area contributed by atoms with E-state index in [1.54, 1.807) is 4.68 Å². The van der Waals surface area contributed by atoms with Crippen molar-refractivity contribution >= 4 is 47.2 Å². The van der Waals surface area contributed by atoms with E-state index < -0.39 is 17.4 Å². The van der Waals surface area contributed by atoms with Gasteiger partial charge in [0.2, 0.25) is 0 Å². The van der Waals surface area contributed by atoms with E-state index in [9.17, 15) is 18.0 Å². The van der Waals surface area contributed by atoms with Crippen molar-refractivity contribution in [2.45, 2.75) is 38.2 Å². The second-order valence-corrected chi connectivity index (χ2v) is 10.7. The third-order valence-corrected chi connectivity index (χ3v) is 6.57. The molecule has 6 nitrogen and oxygen atoms in total. The highest BCUT2D eigenvalue weighted by Gasteiger charge is 2.33. The maximum atomic E-state index is 13.2. The number of aldehydes is 1. The molecule has 11 heteroatoms. The van der Waals surface area contributed by atoms with Gasteiger partial charge in [-0.15, -0.1) is 0 Å². The Kier molecular flexibility index (Phi) is 8.03. The normalized spacial score (nSPS) is 11.9. The van der Waals surface area contributed by atoms with Crippen molar-refractivity contribution in [3.8, 4) is 11.3 Å². The predicted molar refractivity (Wildman–Crippen MR) is 147 cm³/mol. The monoisotopic (exact) mass is 559 g/mol. The van der Waals surface area contributed by atoms with Gasteiger partial charge in [-0.25, -0.2) is 9.67 Å².